The molecule has 2 fully saturated rings. The first-order chi connectivity index (χ1) is 16.4. The molecular weight excluding hydrogens is 455 g/mol. The first kappa shape index (κ1) is 21.7. The summed E-state index contributed by atoms with van der Waals surface area (Å²) in [6.07, 6.45) is 1.91. The second-order valence-electron chi connectivity index (χ2n) is 7.81. The van der Waals surface area contributed by atoms with E-state index in [1.54, 1.807) is 6.07 Å². The Labute approximate surface area is 191 Å². The fraction of sp³-hybridized carbons (Fsp3) is 0.273. The van der Waals surface area contributed by atoms with Crippen molar-refractivity contribution in [2.75, 3.05) is 29.4 Å². The maximum absolute atomic E-state index is 15.0. The molecule has 34 heavy (non-hydrogen) atoms. The molecule has 0 unspecified atom stereocenters. The van der Waals surface area contributed by atoms with Crippen LogP contribution in [0, 0.1) is 17.5 Å². The molecule has 2 aromatic heterocycles. The van der Waals surface area contributed by atoms with Gasteiger partial charge in [0, 0.05) is 37.0 Å². The summed E-state index contributed by atoms with van der Waals surface area (Å²) in [4.78, 5) is 30.3. The summed E-state index contributed by atoms with van der Waals surface area (Å²) in [5.74, 6) is -3.61. The quantitative estimate of drug-likeness (QED) is 0.549. The van der Waals surface area contributed by atoms with E-state index in [2.05, 4.69) is 15.5 Å². The van der Waals surface area contributed by atoms with Crippen molar-refractivity contribution in [1.82, 2.24) is 15.5 Å². The normalized spacial score (nSPS) is 17.9. The summed E-state index contributed by atoms with van der Waals surface area (Å²) in [5.41, 5.74) is -0.530. The first-order valence-corrected chi connectivity index (χ1v) is 10.5. The van der Waals surface area contributed by atoms with Crippen LogP contribution >= 0.6 is 0 Å². The number of ether oxygens (including phenoxy) is 1. The number of rotatable bonds is 6. The molecule has 2 saturated heterocycles. The maximum atomic E-state index is 15.0. The highest BCUT2D eigenvalue weighted by Crippen LogP contribution is 2.35. The number of pyridine rings is 1. The lowest BCUT2D eigenvalue weighted by Crippen LogP contribution is -2.28. The summed E-state index contributed by atoms with van der Waals surface area (Å²) >= 11 is 0. The van der Waals surface area contributed by atoms with E-state index >= 15 is 0 Å². The minimum atomic E-state index is -1.46. The van der Waals surface area contributed by atoms with Gasteiger partial charge in [-0.25, -0.2) is 27.7 Å². The number of urea groups is 1. The molecule has 12 heteroatoms. The largest absolute Gasteiger partial charge is 0.444 e. The van der Waals surface area contributed by atoms with E-state index in [0.717, 1.165) is 17.2 Å². The molecule has 2 aliphatic heterocycles. The van der Waals surface area contributed by atoms with Gasteiger partial charge in [-0.05, 0) is 25.0 Å². The van der Waals surface area contributed by atoms with Crippen LogP contribution in [0.4, 0.5) is 34.3 Å². The maximum Gasteiger partial charge on any atom is 0.414 e. The van der Waals surface area contributed by atoms with Crippen LogP contribution in [-0.2, 0) is 11.2 Å². The van der Waals surface area contributed by atoms with Gasteiger partial charge in [0.25, 0.3) is 0 Å². The fourth-order valence-corrected chi connectivity index (χ4v) is 3.97. The zero-order valence-corrected chi connectivity index (χ0v) is 17.6. The topological polar surface area (TPSA) is 101 Å². The van der Waals surface area contributed by atoms with Crippen molar-refractivity contribution in [3.8, 4) is 11.1 Å². The molecule has 9 nitrogen and oxygen atoms in total. The lowest BCUT2D eigenvalue weighted by Gasteiger charge is -2.17. The summed E-state index contributed by atoms with van der Waals surface area (Å²) in [6.45, 7) is 0.793. The Balaban J connectivity index is 1.37. The Morgan fingerprint density at radius 1 is 1.12 bits per heavy atom. The molecule has 176 valence electrons. The third-order valence-electron chi connectivity index (χ3n) is 5.69. The average Bonchev–Trinajstić information content (AvgIpc) is 3.57. The number of halogens is 3. The molecular formula is C22H18F3N5O4. The molecule has 2 aliphatic rings. The lowest BCUT2D eigenvalue weighted by molar-refractivity contribution is 0.136. The number of anilines is 2. The average molecular weight is 473 g/mol. The monoisotopic (exact) mass is 473 g/mol. The number of aromatic nitrogens is 2. The second-order valence-corrected chi connectivity index (χ2v) is 7.81. The zero-order chi connectivity index (χ0) is 23.8. The Bertz CT molecular complexity index is 1240. The highest BCUT2D eigenvalue weighted by molar-refractivity contribution is 5.93. The molecule has 5 rings (SSSR count). The van der Waals surface area contributed by atoms with Gasteiger partial charge in [0.1, 0.15) is 24.0 Å². The lowest BCUT2D eigenvalue weighted by atomic mass is 10.0. The van der Waals surface area contributed by atoms with E-state index in [1.807, 2.05) is 0 Å². The van der Waals surface area contributed by atoms with E-state index in [4.69, 9.17) is 9.26 Å². The number of benzene rings is 1. The SMILES string of the molecule is O=C1NCCN1c1ccc(-c2c(F)cc(N3C[C@H](CCc4ccon4)OC3=O)c(F)c2F)cn1. The third-order valence-corrected chi connectivity index (χ3v) is 5.69. The van der Waals surface area contributed by atoms with Gasteiger partial charge < -0.3 is 14.6 Å². The smallest absolute Gasteiger partial charge is 0.414 e. The van der Waals surface area contributed by atoms with E-state index in [1.165, 1.54) is 23.3 Å². The van der Waals surface area contributed by atoms with Crippen molar-refractivity contribution < 1.29 is 32.0 Å². The van der Waals surface area contributed by atoms with Crippen LogP contribution in [-0.4, -0.2) is 48.0 Å². The number of nitrogens with one attached hydrogen (secondary N) is 1. The molecule has 0 radical (unpaired) electrons. The molecule has 4 heterocycles. The predicted molar refractivity (Wildman–Crippen MR) is 113 cm³/mol. The highest BCUT2D eigenvalue weighted by Gasteiger charge is 2.36. The first-order valence-electron chi connectivity index (χ1n) is 10.5. The van der Waals surface area contributed by atoms with E-state index in [-0.39, 0.29) is 18.1 Å². The molecule has 1 aromatic carbocycles. The van der Waals surface area contributed by atoms with Gasteiger partial charge in [0.2, 0.25) is 0 Å². The van der Waals surface area contributed by atoms with Crippen molar-refractivity contribution >= 4 is 23.6 Å². The van der Waals surface area contributed by atoms with Gasteiger partial charge in [0.05, 0.1) is 23.5 Å². The van der Waals surface area contributed by atoms with E-state index < -0.39 is 40.9 Å². The van der Waals surface area contributed by atoms with Gasteiger partial charge in [-0.15, -0.1) is 0 Å². The van der Waals surface area contributed by atoms with Crippen molar-refractivity contribution in [3.63, 3.8) is 0 Å². The van der Waals surface area contributed by atoms with Gasteiger partial charge in [-0.3, -0.25) is 9.80 Å². The van der Waals surface area contributed by atoms with Crippen molar-refractivity contribution in [2.45, 2.75) is 18.9 Å². The fourth-order valence-electron chi connectivity index (χ4n) is 3.97. The summed E-state index contributed by atoms with van der Waals surface area (Å²) in [7, 11) is 0. The highest BCUT2D eigenvalue weighted by atomic mass is 19.2. The predicted octanol–water partition coefficient (Wildman–Crippen LogP) is 3.64. The summed E-state index contributed by atoms with van der Waals surface area (Å²) in [5, 5.41) is 6.39. The van der Waals surface area contributed by atoms with Crippen LogP contribution in [0.3, 0.4) is 0 Å². The van der Waals surface area contributed by atoms with Crippen molar-refractivity contribution in [3.05, 3.63) is 59.9 Å². The number of hydrogen-bond acceptors (Lipinski definition) is 6. The van der Waals surface area contributed by atoms with Crippen LogP contribution in [0.25, 0.3) is 11.1 Å². The molecule has 3 aromatic rings. The Hall–Kier alpha value is -4.09. The molecule has 1 atom stereocenters. The number of aryl methyl sites for hydroxylation is 1. The van der Waals surface area contributed by atoms with Gasteiger partial charge >= 0.3 is 12.1 Å². The zero-order valence-electron chi connectivity index (χ0n) is 17.6. The number of amides is 3. The number of carbonyl (C=O) groups excluding carboxylic acids is 2. The Morgan fingerprint density at radius 2 is 1.97 bits per heavy atom. The molecule has 1 N–H and O–H groups in total. The van der Waals surface area contributed by atoms with E-state index in [0.29, 0.717) is 37.4 Å². The molecule has 0 bridgehead atoms. The van der Waals surface area contributed by atoms with Gasteiger partial charge in [-0.2, -0.15) is 0 Å². The standard InChI is InChI=1S/C22H18F3N5O4/c23-15-9-16(30-11-14(34-22(30)32)3-2-13-5-8-33-28-13)19(24)20(25)18(15)12-1-4-17(27-10-12)29-7-6-26-21(29)31/h1,4-5,8-10,14H,2-3,6-7,11H2,(H,26,31)/t14-/m0/s1. The van der Waals surface area contributed by atoms with Crippen molar-refractivity contribution in [1.29, 1.82) is 0 Å². The summed E-state index contributed by atoms with van der Waals surface area (Å²) in [6, 6.07) is 4.86. The Kier molecular flexibility index (Phi) is 5.56. The van der Waals surface area contributed by atoms with Crippen LogP contribution in [0.5, 0.6) is 0 Å². The molecule has 3 amide bonds. The number of nitrogens with zero attached hydrogens (tertiary/aromatic N) is 4. The Morgan fingerprint density at radius 3 is 2.65 bits per heavy atom. The minimum Gasteiger partial charge on any atom is -0.444 e. The number of cyclic esters (lactones) is 1. The minimum absolute atomic E-state index is 0.0155. The van der Waals surface area contributed by atoms with Gasteiger partial charge in [-0.1, -0.05) is 5.16 Å². The molecule has 0 saturated carbocycles. The number of carbonyl (C=O) groups is 2. The summed E-state index contributed by atoms with van der Waals surface area (Å²) < 4.78 is 54.8. The van der Waals surface area contributed by atoms with Crippen LogP contribution in [0.1, 0.15) is 12.1 Å². The van der Waals surface area contributed by atoms with Crippen LogP contribution in [0.15, 0.2) is 41.2 Å². The van der Waals surface area contributed by atoms with Gasteiger partial charge in [0.15, 0.2) is 11.6 Å². The molecule has 0 spiro atoms. The number of hydrogen-bond donors (Lipinski definition) is 1. The van der Waals surface area contributed by atoms with Crippen molar-refractivity contribution in [2.24, 2.45) is 0 Å². The van der Waals surface area contributed by atoms with Crippen LogP contribution in [0.2, 0.25) is 0 Å². The second kappa shape index (κ2) is 8.69. The van der Waals surface area contributed by atoms with Crippen LogP contribution < -0.4 is 15.1 Å². The molecule has 0 aliphatic carbocycles. The third kappa shape index (κ3) is 3.91. The van der Waals surface area contributed by atoms with E-state index in [9.17, 15) is 22.8 Å².